The summed E-state index contributed by atoms with van der Waals surface area (Å²) < 4.78 is 10.6. The average Bonchev–Trinajstić information content (AvgIpc) is 2.98. The first-order chi connectivity index (χ1) is 10.2. The molecule has 0 radical (unpaired) electrons. The lowest BCUT2D eigenvalue weighted by molar-refractivity contribution is 0.0348. The van der Waals surface area contributed by atoms with Crippen LogP contribution in [0.5, 0.6) is 0 Å². The van der Waals surface area contributed by atoms with E-state index in [1.165, 1.54) is 0 Å². The standard InChI is InChI=1S/C14H19N5O2/c1-10-8-11(2-3-16-10)14-17-13(18-21-14)12(15)9-19-4-6-20-7-5-19/h2-3,8,12H,4-7,9,15H2,1H3. The van der Waals surface area contributed by atoms with Crippen molar-refractivity contribution in [3.05, 3.63) is 29.8 Å². The van der Waals surface area contributed by atoms with Crippen LogP contribution < -0.4 is 5.73 Å². The fourth-order valence-corrected chi connectivity index (χ4v) is 2.32. The molecule has 1 aliphatic rings. The van der Waals surface area contributed by atoms with Crippen molar-refractivity contribution in [2.45, 2.75) is 13.0 Å². The second-order valence-corrected chi connectivity index (χ2v) is 5.16. The summed E-state index contributed by atoms with van der Waals surface area (Å²) in [5.74, 6) is 1.01. The van der Waals surface area contributed by atoms with E-state index in [-0.39, 0.29) is 6.04 Å². The molecule has 1 saturated heterocycles. The highest BCUT2D eigenvalue weighted by molar-refractivity contribution is 5.52. The number of hydrogen-bond donors (Lipinski definition) is 1. The zero-order valence-corrected chi connectivity index (χ0v) is 12.0. The van der Waals surface area contributed by atoms with E-state index < -0.39 is 0 Å². The minimum Gasteiger partial charge on any atom is -0.379 e. The summed E-state index contributed by atoms with van der Waals surface area (Å²) in [6.07, 6.45) is 1.72. The van der Waals surface area contributed by atoms with Gasteiger partial charge in [-0.15, -0.1) is 0 Å². The number of nitrogens with zero attached hydrogens (tertiary/aromatic N) is 4. The van der Waals surface area contributed by atoms with Crippen LogP contribution in [-0.4, -0.2) is 52.9 Å². The fourth-order valence-electron chi connectivity index (χ4n) is 2.32. The molecule has 0 aromatic carbocycles. The largest absolute Gasteiger partial charge is 0.379 e. The Balaban J connectivity index is 1.69. The normalized spacial score (nSPS) is 17.8. The van der Waals surface area contributed by atoms with Crippen LogP contribution in [-0.2, 0) is 4.74 Å². The SMILES string of the molecule is Cc1cc(-c2nc(C(N)CN3CCOCC3)no2)ccn1. The van der Waals surface area contributed by atoms with Gasteiger partial charge in [-0.05, 0) is 19.1 Å². The smallest absolute Gasteiger partial charge is 0.258 e. The van der Waals surface area contributed by atoms with E-state index in [0.29, 0.717) is 18.3 Å². The number of pyridine rings is 1. The molecule has 1 aliphatic heterocycles. The molecule has 3 heterocycles. The van der Waals surface area contributed by atoms with Gasteiger partial charge < -0.3 is 15.0 Å². The molecule has 3 rings (SSSR count). The van der Waals surface area contributed by atoms with Crippen molar-refractivity contribution in [2.24, 2.45) is 5.73 Å². The molecule has 0 bridgehead atoms. The van der Waals surface area contributed by atoms with Gasteiger partial charge in [0.15, 0.2) is 5.82 Å². The lowest BCUT2D eigenvalue weighted by Gasteiger charge is -2.27. The van der Waals surface area contributed by atoms with E-state index in [1.807, 2.05) is 19.1 Å². The molecule has 21 heavy (non-hydrogen) atoms. The van der Waals surface area contributed by atoms with Gasteiger partial charge in [0.2, 0.25) is 0 Å². The van der Waals surface area contributed by atoms with Gasteiger partial charge in [0.25, 0.3) is 5.89 Å². The van der Waals surface area contributed by atoms with Crippen molar-refractivity contribution in [3.63, 3.8) is 0 Å². The van der Waals surface area contributed by atoms with Crippen LogP contribution in [0.4, 0.5) is 0 Å². The summed E-state index contributed by atoms with van der Waals surface area (Å²) in [6, 6.07) is 3.49. The summed E-state index contributed by atoms with van der Waals surface area (Å²) in [4.78, 5) is 10.8. The fraction of sp³-hybridized carbons (Fsp3) is 0.500. The quantitative estimate of drug-likeness (QED) is 0.889. The maximum absolute atomic E-state index is 6.17. The highest BCUT2D eigenvalue weighted by atomic mass is 16.5. The molecule has 112 valence electrons. The first-order valence-electron chi connectivity index (χ1n) is 7.04. The molecular weight excluding hydrogens is 270 g/mol. The Kier molecular flexibility index (Phi) is 4.23. The summed E-state index contributed by atoms with van der Waals surface area (Å²) in [5, 5.41) is 4.00. The Morgan fingerprint density at radius 3 is 2.95 bits per heavy atom. The lowest BCUT2D eigenvalue weighted by atomic mass is 10.2. The molecule has 2 N–H and O–H groups in total. The van der Waals surface area contributed by atoms with Gasteiger partial charge in [0, 0.05) is 37.1 Å². The van der Waals surface area contributed by atoms with E-state index in [9.17, 15) is 0 Å². The van der Waals surface area contributed by atoms with Gasteiger partial charge in [0.05, 0.1) is 19.3 Å². The van der Waals surface area contributed by atoms with E-state index in [1.54, 1.807) is 6.20 Å². The summed E-state index contributed by atoms with van der Waals surface area (Å²) in [5.41, 5.74) is 7.94. The first kappa shape index (κ1) is 14.1. The second kappa shape index (κ2) is 6.30. The monoisotopic (exact) mass is 289 g/mol. The van der Waals surface area contributed by atoms with Crippen molar-refractivity contribution in [1.29, 1.82) is 0 Å². The third-order valence-corrected chi connectivity index (χ3v) is 3.48. The number of aromatic nitrogens is 3. The van der Waals surface area contributed by atoms with E-state index >= 15 is 0 Å². The molecule has 7 heteroatoms. The van der Waals surface area contributed by atoms with Crippen LogP contribution in [0, 0.1) is 6.92 Å². The molecule has 2 aromatic rings. The summed E-state index contributed by atoms with van der Waals surface area (Å²) in [7, 11) is 0. The Morgan fingerprint density at radius 1 is 1.38 bits per heavy atom. The predicted molar refractivity (Wildman–Crippen MR) is 76.5 cm³/mol. The number of aryl methyl sites for hydroxylation is 1. The van der Waals surface area contributed by atoms with Crippen LogP contribution in [0.15, 0.2) is 22.9 Å². The number of ether oxygens (including phenoxy) is 1. The van der Waals surface area contributed by atoms with Crippen LogP contribution in [0.1, 0.15) is 17.6 Å². The molecule has 0 spiro atoms. The number of hydrogen-bond acceptors (Lipinski definition) is 7. The van der Waals surface area contributed by atoms with E-state index in [0.717, 1.165) is 37.6 Å². The van der Waals surface area contributed by atoms with Crippen LogP contribution in [0.3, 0.4) is 0 Å². The molecule has 0 amide bonds. The highest BCUT2D eigenvalue weighted by Gasteiger charge is 2.20. The Bertz CT molecular complexity index is 595. The van der Waals surface area contributed by atoms with Gasteiger partial charge in [-0.25, -0.2) is 0 Å². The van der Waals surface area contributed by atoms with Crippen molar-refractivity contribution >= 4 is 0 Å². The average molecular weight is 289 g/mol. The Morgan fingerprint density at radius 2 is 2.19 bits per heavy atom. The lowest BCUT2D eigenvalue weighted by Crippen LogP contribution is -2.40. The van der Waals surface area contributed by atoms with E-state index in [4.69, 9.17) is 15.0 Å². The molecule has 2 aromatic heterocycles. The number of nitrogens with two attached hydrogens (primary N) is 1. The van der Waals surface area contributed by atoms with Crippen LogP contribution in [0.25, 0.3) is 11.5 Å². The Hall–Kier alpha value is -1.83. The van der Waals surface area contributed by atoms with Gasteiger partial charge in [-0.1, -0.05) is 5.16 Å². The minimum atomic E-state index is -0.261. The first-order valence-corrected chi connectivity index (χ1v) is 7.04. The van der Waals surface area contributed by atoms with E-state index in [2.05, 4.69) is 20.0 Å². The molecular formula is C14H19N5O2. The zero-order valence-electron chi connectivity index (χ0n) is 12.0. The van der Waals surface area contributed by atoms with Gasteiger partial charge in [-0.2, -0.15) is 4.98 Å². The second-order valence-electron chi connectivity index (χ2n) is 5.16. The number of morpholine rings is 1. The molecule has 1 fully saturated rings. The van der Waals surface area contributed by atoms with Crippen LogP contribution in [0.2, 0.25) is 0 Å². The van der Waals surface area contributed by atoms with Gasteiger partial charge >= 0.3 is 0 Å². The number of rotatable bonds is 4. The van der Waals surface area contributed by atoms with Gasteiger partial charge in [0.1, 0.15) is 0 Å². The molecule has 0 saturated carbocycles. The molecule has 1 atom stereocenters. The topological polar surface area (TPSA) is 90.3 Å². The van der Waals surface area contributed by atoms with Crippen molar-refractivity contribution in [1.82, 2.24) is 20.0 Å². The molecule has 0 aliphatic carbocycles. The van der Waals surface area contributed by atoms with Gasteiger partial charge in [-0.3, -0.25) is 9.88 Å². The highest BCUT2D eigenvalue weighted by Crippen LogP contribution is 2.19. The maximum Gasteiger partial charge on any atom is 0.258 e. The maximum atomic E-state index is 6.17. The third-order valence-electron chi connectivity index (χ3n) is 3.48. The summed E-state index contributed by atoms with van der Waals surface area (Å²) >= 11 is 0. The summed E-state index contributed by atoms with van der Waals surface area (Å²) in [6.45, 7) is 5.91. The van der Waals surface area contributed by atoms with Crippen molar-refractivity contribution in [2.75, 3.05) is 32.8 Å². The van der Waals surface area contributed by atoms with Crippen molar-refractivity contribution in [3.8, 4) is 11.5 Å². The zero-order chi connectivity index (χ0) is 14.7. The van der Waals surface area contributed by atoms with Crippen molar-refractivity contribution < 1.29 is 9.26 Å². The third kappa shape index (κ3) is 3.44. The van der Waals surface area contributed by atoms with Crippen LogP contribution >= 0.6 is 0 Å². The Labute approximate surface area is 123 Å². The molecule has 7 nitrogen and oxygen atoms in total. The molecule has 1 unspecified atom stereocenters. The predicted octanol–water partition coefficient (Wildman–Crippen LogP) is 0.772. The minimum absolute atomic E-state index is 0.261.